The van der Waals surface area contributed by atoms with Gasteiger partial charge in [-0.2, -0.15) is 0 Å². The van der Waals surface area contributed by atoms with E-state index in [1.165, 1.54) is 17.5 Å². The van der Waals surface area contributed by atoms with E-state index in [4.69, 9.17) is 16.3 Å². The molecule has 27 heavy (non-hydrogen) atoms. The SMILES string of the molecule is O=C(CNC(=O)c1ccc(Cl)cc1)OCC(=O)c1ccc2c(c1)CCCC2. The van der Waals surface area contributed by atoms with E-state index in [1.807, 2.05) is 12.1 Å². The van der Waals surface area contributed by atoms with Gasteiger partial charge in [-0.25, -0.2) is 0 Å². The van der Waals surface area contributed by atoms with Crippen molar-refractivity contribution in [1.82, 2.24) is 5.32 Å². The third-order valence-electron chi connectivity index (χ3n) is 4.53. The second-order valence-corrected chi connectivity index (χ2v) is 6.90. The fourth-order valence-corrected chi connectivity index (χ4v) is 3.17. The zero-order valence-electron chi connectivity index (χ0n) is 14.8. The fraction of sp³-hybridized carbons (Fsp3) is 0.286. The average molecular weight is 386 g/mol. The molecule has 0 fully saturated rings. The molecule has 0 spiro atoms. The maximum absolute atomic E-state index is 12.2. The molecule has 140 valence electrons. The molecule has 1 aliphatic rings. The summed E-state index contributed by atoms with van der Waals surface area (Å²) in [6.07, 6.45) is 4.34. The van der Waals surface area contributed by atoms with E-state index in [-0.39, 0.29) is 18.9 Å². The Labute approximate surface area is 162 Å². The van der Waals surface area contributed by atoms with E-state index in [0.717, 1.165) is 19.3 Å². The molecule has 0 radical (unpaired) electrons. The highest BCUT2D eigenvalue weighted by molar-refractivity contribution is 6.30. The monoisotopic (exact) mass is 385 g/mol. The van der Waals surface area contributed by atoms with Gasteiger partial charge >= 0.3 is 5.97 Å². The lowest BCUT2D eigenvalue weighted by molar-refractivity contribution is -0.141. The van der Waals surface area contributed by atoms with Gasteiger partial charge in [0.05, 0.1) is 0 Å². The minimum Gasteiger partial charge on any atom is -0.456 e. The predicted octanol–water partition coefficient (Wildman–Crippen LogP) is 3.37. The van der Waals surface area contributed by atoms with Gasteiger partial charge in [-0.3, -0.25) is 14.4 Å². The summed E-state index contributed by atoms with van der Waals surface area (Å²) in [7, 11) is 0. The third kappa shape index (κ3) is 5.17. The van der Waals surface area contributed by atoms with Crippen LogP contribution < -0.4 is 5.32 Å². The van der Waals surface area contributed by atoms with Crippen LogP contribution in [0.25, 0.3) is 0 Å². The summed E-state index contributed by atoms with van der Waals surface area (Å²) in [6.45, 7) is -0.645. The molecule has 2 aromatic carbocycles. The summed E-state index contributed by atoms with van der Waals surface area (Å²) in [5.74, 6) is -1.32. The topological polar surface area (TPSA) is 72.5 Å². The number of ketones is 1. The minimum absolute atomic E-state index is 0.249. The molecule has 1 amide bonds. The molecular formula is C21H20ClNO4. The van der Waals surface area contributed by atoms with Crippen LogP contribution in [0.1, 0.15) is 44.7 Å². The fourth-order valence-electron chi connectivity index (χ4n) is 3.04. The van der Waals surface area contributed by atoms with E-state index < -0.39 is 11.9 Å². The van der Waals surface area contributed by atoms with Crippen LogP contribution in [0.3, 0.4) is 0 Å². The Kier molecular flexibility index (Phi) is 6.24. The van der Waals surface area contributed by atoms with Crippen LogP contribution in [0.5, 0.6) is 0 Å². The highest BCUT2D eigenvalue weighted by atomic mass is 35.5. The van der Waals surface area contributed by atoms with Crippen LogP contribution in [0, 0.1) is 0 Å². The summed E-state index contributed by atoms with van der Waals surface area (Å²) in [6, 6.07) is 12.0. The van der Waals surface area contributed by atoms with Crippen molar-refractivity contribution >= 4 is 29.3 Å². The second-order valence-electron chi connectivity index (χ2n) is 6.46. The second kappa shape index (κ2) is 8.82. The summed E-state index contributed by atoms with van der Waals surface area (Å²) < 4.78 is 4.98. The van der Waals surface area contributed by atoms with Gasteiger partial charge in [0.1, 0.15) is 6.54 Å². The molecule has 3 rings (SSSR count). The number of fused-ring (bicyclic) bond motifs is 1. The molecule has 0 aliphatic heterocycles. The van der Waals surface area contributed by atoms with Crippen LogP contribution >= 0.6 is 11.6 Å². The molecular weight excluding hydrogens is 366 g/mol. The summed E-state index contributed by atoms with van der Waals surface area (Å²) in [4.78, 5) is 36.0. The smallest absolute Gasteiger partial charge is 0.325 e. The summed E-state index contributed by atoms with van der Waals surface area (Å²) in [5.41, 5.74) is 3.43. The maximum Gasteiger partial charge on any atom is 0.325 e. The number of rotatable bonds is 6. The van der Waals surface area contributed by atoms with Gasteiger partial charge in [-0.05, 0) is 67.1 Å². The van der Waals surface area contributed by atoms with Crippen molar-refractivity contribution in [2.45, 2.75) is 25.7 Å². The lowest BCUT2D eigenvalue weighted by Crippen LogP contribution is -2.31. The largest absolute Gasteiger partial charge is 0.456 e. The summed E-state index contributed by atoms with van der Waals surface area (Å²) in [5, 5.41) is 2.97. The molecule has 1 N–H and O–H groups in total. The van der Waals surface area contributed by atoms with Crippen LogP contribution in [0.15, 0.2) is 42.5 Å². The van der Waals surface area contributed by atoms with Gasteiger partial charge in [-0.15, -0.1) is 0 Å². The Morgan fingerprint density at radius 3 is 2.33 bits per heavy atom. The van der Waals surface area contributed by atoms with Crippen LogP contribution in [-0.2, 0) is 22.4 Å². The van der Waals surface area contributed by atoms with E-state index >= 15 is 0 Å². The van der Waals surface area contributed by atoms with Crippen LogP contribution in [0.2, 0.25) is 5.02 Å². The maximum atomic E-state index is 12.2. The molecule has 0 heterocycles. The third-order valence-corrected chi connectivity index (χ3v) is 4.79. The lowest BCUT2D eigenvalue weighted by atomic mass is 9.90. The molecule has 2 aromatic rings. The van der Waals surface area contributed by atoms with Crippen molar-refractivity contribution in [3.8, 4) is 0 Å². The first kappa shape index (κ1) is 19.1. The average Bonchev–Trinajstić information content (AvgIpc) is 2.70. The predicted molar refractivity (Wildman–Crippen MR) is 102 cm³/mol. The first-order chi connectivity index (χ1) is 13.0. The Bertz CT molecular complexity index is 861. The number of carbonyl (C=O) groups excluding carboxylic acids is 3. The molecule has 5 nitrogen and oxygen atoms in total. The first-order valence-corrected chi connectivity index (χ1v) is 9.25. The van der Waals surface area contributed by atoms with Crippen molar-refractivity contribution in [2.75, 3.05) is 13.2 Å². The number of amides is 1. The Morgan fingerprint density at radius 1 is 0.926 bits per heavy atom. The molecule has 1 aliphatic carbocycles. The normalized spacial score (nSPS) is 12.8. The zero-order chi connectivity index (χ0) is 19.2. The number of Topliss-reactive ketones (excluding diaryl/α,β-unsaturated/α-hetero) is 1. The standard InChI is InChI=1S/C21H20ClNO4/c22-18-9-7-15(8-10-18)21(26)23-12-20(25)27-13-19(24)17-6-5-14-3-1-2-4-16(14)11-17/h5-11H,1-4,12-13H2,(H,23,26). The van der Waals surface area contributed by atoms with E-state index in [9.17, 15) is 14.4 Å². The molecule has 0 bridgehead atoms. The van der Waals surface area contributed by atoms with Gasteiger partial charge in [0.2, 0.25) is 0 Å². The number of aryl methyl sites for hydroxylation is 2. The first-order valence-electron chi connectivity index (χ1n) is 8.87. The van der Waals surface area contributed by atoms with Gasteiger partial charge in [0.25, 0.3) is 5.91 Å². The number of ether oxygens (including phenoxy) is 1. The minimum atomic E-state index is -0.663. The molecule has 0 saturated heterocycles. The lowest BCUT2D eigenvalue weighted by Gasteiger charge is -2.16. The van der Waals surface area contributed by atoms with E-state index in [2.05, 4.69) is 5.32 Å². The van der Waals surface area contributed by atoms with Crippen LogP contribution in [0.4, 0.5) is 0 Å². The number of halogens is 1. The Morgan fingerprint density at radius 2 is 1.59 bits per heavy atom. The number of esters is 1. The molecule has 6 heteroatoms. The van der Waals surface area contributed by atoms with Gasteiger partial charge in [-0.1, -0.05) is 23.7 Å². The van der Waals surface area contributed by atoms with Crippen molar-refractivity contribution in [1.29, 1.82) is 0 Å². The quantitative estimate of drug-likeness (QED) is 0.611. The van der Waals surface area contributed by atoms with Crippen molar-refractivity contribution < 1.29 is 19.1 Å². The molecule has 0 aromatic heterocycles. The zero-order valence-corrected chi connectivity index (χ0v) is 15.6. The Balaban J connectivity index is 1.46. The number of hydrogen-bond acceptors (Lipinski definition) is 4. The summed E-state index contributed by atoms with van der Waals surface area (Å²) >= 11 is 5.77. The van der Waals surface area contributed by atoms with Gasteiger partial charge < -0.3 is 10.1 Å². The van der Waals surface area contributed by atoms with E-state index in [0.29, 0.717) is 16.1 Å². The highest BCUT2D eigenvalue weighted by Gasteiger charge is 2.15. The van der Waals surface area contributed by atoms with Gasteiger partial charge in [0, 0.05) is 16.1 Å². The molecule has 0 atom stereocenters. The van der Waals surface area contributed by atoms with E-state index in [1.54, 1.807) is 30.3 Å². The Hall–Kier alpha value is -2.66. The molecule has 0 unspecified atom stereocenters. The van der Waals surface area contributed by atoms with Crippen LogP contribution in [-0.4, -0.2) is 30.8 Å². The van der Waals surface area contributed by atoms with Gasteiger partial charge in [0.15, 0.2) is 12.4 Å². The number of benzene rings is 2. The number of carbonyl (C=O) groups is 3. The number of hydrogen-bond donors (Lipinski definition) is 1. The van der Waals surface area contributed by atoms with Crippen molar-refractivity contribution in [3.63, 3.8) is 0 Å². The van der Waals surface area contributed by atoms with Crippen molar-refractivity contribution in [3.05, 3.63) is 69.7 Å². The highest BCUT2D eigenvalue weighted by Crippen LogP contribution is 2.22. The van der Waals surface area contributed by atoms with Crippen molar-refractivity contribution in [2.24, 2.45) is 0 Å². The number of nitrogens with one attached hydrogen (secondary N) is 1. The molecule has 0 saturated carbocycles.